The molecule has 3 fully saturated rings. The SMILES string of the molecule is C=CCCOC(=O)[C@@H]1[C@H]2C(=O)N(CCO)C(C(=O)N(CC=C)C(C)C)C23CC[C@@]1(C)S3. The molecule has 3 heterocycles. The van der Waals surface area contributed by atoms with Gasteiger partial charge in [-0.3, -0.25) is 14.4 Å². The number of rotatable bonds is 10. The number of β-amino-alcohol motifs (C(OH)–C–C–N with tert-alkyl or cyclic N) is 1. The smallest absolute Gasteiger partial charge is 0.311 e. The molecule has 1 N–H and O–H groups in total. The van der Waals surface area contributed by atoms with Gasteiger partial charge in [0.1, 0.15) is 6.04 Å². The largest absolute Gasteiger partial charge is 0.465 e. The fourth-order valence-corrected chi connectivity index (χ4v) is 7.93. The number of ether oxygens (including phenoxy) is 1. The van der Waals surface area contributed by atoms with E-state index in [-0.39, 0.29) is 43.6 Å². The molecular formula is C23H34N2O5S. The Labute approximate surface area is 188 Å². The third-order valence-electron chi connectivity index (χ3n) is 6.90. The van der Waals surface area contributed by atoms with Crippen LogP contribution in [0.25, 0.3) is 0 Å². The number of thioether (sulfide) groups is 1. The molecule has 31 heavy (non-hydrogen) atoms. The molecule has 1 spiro atoms. The van der Waals surface area contributed by atoms with Crippen LogP contribution >= 0.6 is 11.8 Å². The van der Waals surface area contributed by atoms with Crippen molar-refractivity contribution >= 4 is 29.5 Å². The van der Waals surface area contributed by atoms with E-state index in [9.17, 15) is 19.5 Å². The van der Waals surface area contributed by atoms with Crippen molar-refractivity contribution < 1.29 is 24.2 Å². The normalized spacial score (nSPS) is 33.5. The van der Waals surface area contributed by atoms with Gasteiger partial charge in [0, 0.05) is 23.9 Å². The monoisotopic (exact) mass is 450 g/mol. The van der Waals surface area contributed by atoms with Crippen LogP contribution in [-0.2, 0) is 19.1 Å². The van der Waals surface area contributed by atoms with Crippen LogP contribution in [0.4, 0.5) is 0 Å². The van der Waals surface area contributed by atoms with Crippen molar-refractivity contribution in [3.05, 3.63) is 25.3 Å². The number of fused-ring (bicyclic) bond motifs is 1. The number of esters is 1. The maximum absolute atomic E-state index is 13.8. The minimum atomic E-state index is -0.711. The standard InChI is InChI=1S/C23H34N2O5S/c1-6-8-14-30-21(29)17-16-19(27)25(12-13-26)18(20(28)24(11-7-2)15(3)4)23(16)10-9-22(17,5)31-23/h6-7,15-18,26H,1-2,8-14H2,3-5H3/t16-,17-,18?,22+,23?/m0/s1. The third kappa shape index (κ3) is 3.71. The summed E-state index contributed by atoms with van der Waals surface area (Å²) >= 11 is 1.61. The number of hydrogen-bond acceptors (Lipinski definition) is 6. The van der Waals surface area contributed by atoms with Gasteiger partial charge in [-0.2, -0.15) is 0 Å². The fourth-order valence-electron chi connectivity index (χ4n) is 5.60. The lowest BCUT2D eigenvalue weighted by Gasteiger charge is -2.38. The minimum Gasteiger partial charge on any atom is -0.465 e. The molecule has 3 aliphatic rings. The highest BCUT2D eigenvalue weighted by Crippen LogP contribution is 2.71. The summed E-state index contributed by atoms with van der Waals surface area (Å²) in [6.07, 6.45) is 5.34. The third-order valence-corrected chi connectivity index (χ3v) is 8.89. The lowest BCUT2D eigenvalue weighted by molar-refractivity contribution is -0.155. The van der Waals surface area contributed by atoms with Crippen LogP contribution in [0, 0.1) is 11.8 Å². The Morgan fingerprint density at radius 3 is 2.65 bits per heavy atom. The minimum absolute atomic E-state index is 0.0640. The van der Waals surface area contributed by atoms with Gasteiger partial charge in [0.2, 0.25) is 11.8 Å². The van der Waals surface area contributed by atoms with Crippen LogP contribution in [0.5, 0.6) is 0 Å². The van der Waals surface area contributed by atoms with Crippen molar-refractivity contribution in [3.63, 3.8) is 0 Å². The number of hydrogen-bond donors (Lipinski definition) is 1. The van der Waals surface area contributed by atoms with Crippen LogP contribution in [-0.4, -0.2) is 80.6 Å². The van der Waals surface area contributed by atoms with E-state index in [1.807, 2.05) is 20.8 Å². The van der Waals surface area contributed by atoms with Crippen molar-refractivity contribution in [2.75, 3.05) is 26.3 Å². The first-order valence-electron chi connectivity index (χ1n) is 11.0. The first-order valence-corrected chi connectivity index (χ1v) is 11.8. The van der Waals surface area contributed by atoms with Crippen LogP contribution in [0.1, 0.15) is 40.0 Å². The molecule has 172 valence electrons. The van der Waals surface area contributed by atoms with Gasteiger partial charge in [-0.15, -0.1) is 24.9 Å². The van der Waals surface area contributed by atoms with E-state index in [1.165, 1.54) is 4.90 Å². The quantitative estimate of drug-likeness (QED) is 0.311. The van der Waals surface area contributed by atoms with Gasteiger partial charge in [-0.1, -0.05) is 12.2 Å². The fraction of sp³-hybridized carbons (Fsp3) is 0.696. The lowest BCUT2D eigenvalue weighted by atomic mass is 9.66. The maximum atomic E-state index is 13.8. The molecule has 3 aliphatic heterocycles. The Bertz CT molecular complexity index is 771. The molecule has 3 rings (SSSR count). The summed E-state index contributed by atoms with van der Waals surface area (Å²) in [5.74, 6) is -1.96. The molecule has 0 aromatic rings. The molecular weight excluding hydrogens is 416 g/mol. The second-order valence-electron chi connectivity index (χ2n) is 9.10. The topological polar surface area (TPSA) is 87.1 Å². The van der Waals surface area contributed by atoms with E-state index in [4.69, 9.17) is 4.74 Å². The number of amides is 2. The molecule has 0 aromatic heterocycles. The zero-order chi connectivity index (χ0) is 23.0. The summed E-state index contributed by atoms with van der Waals surface area (Å²) < 4.78 is 4.37. The molecule has 7 nitrogen and oxygen atoms in total. The second-order valence-corrected chi connectivity index (χ2v) is 11.0. The number of likely N-dealkylation sites (tertiary alicyclic amines) is 1. The zero-order valence-electron chi connectivity index (χ0n) is 18.7. The first kappa shape index (κ1) is 23.9. The average molecular weight is 451 g/mol. The van der Waals surface area contributed by atoms with Gasteiger partial charge < -0.3 is 19.6 Å². The Balaban J connectivity index is 2.01. The lowest BCUT2D eigenvalue weighted by Crippen LogP contribution is -2.56. The number of aliphatic hydroxyl groups is 1. The predicted octanol–water partition coefficient (Wildman–Crippen LogP) is 2.00. The van der Waals surface area contributed by atoms with E-state index in [2.05, 4.69) is 13.2 Å². The summed E-state index contributed by atoms with van der Waals surface area (Å²) in [5, 5.41) is 9.65. The van der Waals surface area contributed by atoms with E-state index in [0.717, 1.165) is 6.42 Å². The van der Waals surface area contributed by atoms with Crippen molar-refractivity contribution in [1.82, 2.24) is 9.80 Å². The highest BCUT2D eigenvalue weighted by molar-refractivity contribution is 8.02. The molecule has 5 atom stereocenters. The molecule has 3 saturated heterocycles. The highest BCUT2D eigenvalue weighted by Gasteiger charge is 2.77. The molecule has 0 aromatic carbocycles. The molecule has 2 bridgehead atoms. The molecule has 0 aliphatic carbocycles. The average Bonchev–Trinajstić information content (AvgIpc) is 3.27. The van der Waals surface area contributed by atoms with Gasteiger partial charge in [0.15, 0.2) is 0 Å². The zero-order valence-corrected chi connectivity index (χ0v) is 19.5. The molecule has 2 amide bonds. The summed E-state index contributed by atoms with van der Waals surface area (Å²) in [4.78, 5) is 43.7. The van der Waals surface area contributed by atoms with E-state index >= 15 is 0 Å². The first-order chi connectivity index (χ1) is 14.7. The van der Waals surface area contributed by atoms with Gasteiger partial charge >= 0.3 is 5.97 Å². The van der Waals surface area contributed by atoms with E-state index in [0.29, 0.717) is 19.4 Å². The van der Waals surface area contributed by atoms with Crippen LogP contribution in [0.3, 0.4) is 0 Å². The van der Waals surface area contributed by atoms with Gasteiger partial charge in [0.25, 0.3) is 0 Å². The second kappa shape index (κ2) is 8.98. The molecule has 8 heteroatoms. The van der Waals surface area contributed by atoms with E-state index < -0.39 is 27.4 Å². The summed E-state index contributed by atoms with van der Waals surface area (Å²) in [6.45, 7) is 13.7. The van der Waals surface area contributed by atoms with Gasteiger partial charge in [-0.25, -0.2) is 0 Å². The van der Waals surface area contributed by atoms with Crippen molar-refractivity contribution in [1.29, 1.82) is 0 Å². The Morgan fingerprint density at radius 2 is 2.06 bits per heavy atom. The number of carbonyl (C=O) groups excluding carboxylic acids is 3. The Hall–Kier alpha value is -1.80. The highest BCUT2D eigenvalue weighted by atomic mass is 32.2. The van der Waals surface area contributed by atoms with Crippen molar-refractivity contribution in [3.8, 4) is 0 Å². The Morgan fingerprint density at radius 1 is 1.35 bits per heavy atom. The van der Waals surface area contributed by atoms with Crippen molar-refractivity contribution in [2.24, 2.45) is 11.8 Å². The van der Waals surface area contributed by atoms with Crippen molar-refractivity contribution in [2.45, 2.75) is 61.6 Å². The van der Waals surface area contributed by atoms with Crippen LogP contribution < -0.4 is 0 Å². The van der Waals surface area contributed by atoms with Crippen LogP contribution in [0.15, 0.2) is 25.3 Å². The number of nitrogens with zero attached hydrogens (tertiary/aromatic N) is 2. The summed E-state index contributed by atoms with van der Waals surface area (Å²) in [7, 11) is 0. The Kier molecular flexibility index (Phi) is 6.91. The number of aliphatic hydroxyl groups excluding tert-OH is 1. The molecule has 0 saturated carbocycles. The molecule has 0 radical (unpaired) electrons. The summed E-state index contributed by atoms with van der Waals surface area (Å²) in [6, 6.07) is -0.775. The maximum Gasteiger partial charge on any atom is 0.311 e. The number of carbonyl (C=O) groups is 3. The van der Waals surface area contributed by atoms with Gasteiger partial charge in [-0.05, 0) is 40.0 Å². The predicted molar refractivity (Wildman–Crippen MR) is 120 cm³/mol. The van der Waals surface area contributed by atoms with E-state index in [1.54, 1.807) is 28.8 Å². The summed E-state index contributed by atoms with van der Waals surface area (Å²) in [5.41, 5.74) is 0. The van der Waals surface area contributed by atoms with Crippen LogP contribution in [0.2, 0.25) is 0 Å². The molecule has 2 unspecified atom stereocenters. The van der Waals surface area contributed by atoms with Gasteiger partial charge in [0.05, 0.1) is 29.8 Å².